The maximum absolute atomic E-state index is 13.8. The molecule has 1 saturated heterocycles. The third kappa shape index (κ3) is 3.96. The number of nitrogens with one attached hydrogen (secondary N) is 1. The molecule has 3 heterocycles. The summed E-state index contributed by atoms with van der Waals surface area (Å²) in [7, 11) is 0. The van der Waals surface area contributed by atoms with Crippen LogP contribution in [0.2, 0.25) is 0 Å². The molecule has 8 heteroatoms. The highest BCUT2D eigenvalue weighted by Crippen LogP contribution is 2.29. The molecule has 0 saturated carbocycles. The monoisotopic (exact) mass is 392 g/mol. The average Bonchev–Trinajstić information content (AvgIpc) is 2.75. The molecule has 2 aromatic heterocycles. The van der Waals surface area contributed by atoms with Crippen molar-refractivity contribution in [1.29, 1.82) is 5.26 Å². The molecule has 148 valence electrons. The summed E-state index contributed by atoms with van der Waals surface area (Å²) in [4.78, 5) is 6.77. The molecule has 1 aliphatic heterocycles. The summed E-state index contributed by atoms with van der Waals surface area (Å²) >= 11 is 0. The number of anilines is 2. The van der Waals surface area contributed by atoms with Gasteiger partial charge in [-0.3, -0.25) is 0 Å². The Morgan fingerprint density at radius 1 is 1.17 bits per heavy atom. The Hall–Kier alpha value is -3.31. The van der Waals surface area contributed by atoms with Gasteiger partial charge in [-0.1, -0.05) is 0 Å². The molecular weight excluding hydrogens is 371 g/mol. The van der Waals surface area contributed by atoms with Crippen LogP contribution in [0, 0.1) is 24.1 Å². The minimum absolute atomic E-state index is 0.266. The van der Waals surface area contributed by atoms with E-state index in [1.165, 1.54) is 12.1 Å². The summed E-state index contributed by atoms with van der Waals surface area (Å²) in [6, 6.07) is 8.04. The van der Waals surface area contributed by atoms with Gasteiger partial charge in [0.1, 0.15) is 11.6 Å². The van der Waals surface area contributed by atoms with Crippen LogP contribution in [0.15, 0.2) is 30.5 Å². The summed E-state index contributed by atoms with van der Waals surface area (Å²) in [5.74, 6) is 1.02. The molecule has 0 bridgehead atoms. The first-order valence-corrected chi connectivity index (χ1v) is 9.48. The van der Waals surface area contributed by atoms with E-state index in [0.717, 1.165) is 35.4 Å². The lowest BCUT2D eigenvalue weighted by molar-refractivity contribution is 0.122. The second kappa shape index (κ2) is 7.97. The van der Waals surface area contributed by atoms with E-state index < -0.39 is 5.82 Å². The normalized spacial score (nSPS) is 15.2. The first-order chi connectivity index (χ1) is 14.0. The number of nitriles is 1. The standard InChI is InChI=1S/C21H21FN6O/c1-13(16-7-15(11-23)8-17(22)9-16)25-21-18-10-20(28-3-5-29-6-4-28)24-12-19(18)14(2)26-27-21/h7-10,12-13H,3-6H2,1-2H3,(H,25,27). The summed E-state index contributed by atoms with van der Waals surface area (Å²) in [5.41, 5.74) is 1.74. The fourth-order valence-electron chi connectivity index (χ4n) is 3.45. The number of hydrogen-bond donors (Lipinski definition) is 1. The topological polar surface area (TPSA) is 87.0 Å². The lowest BCUT2D eigenvalue weighted by Gasteiger charge is -2.28. The van der Waals surface area contributed by atoms with Crippen molar-refractivity contribution < 1.29 is 9.13 Å². The Balaban J connectivity index is 1.70. The molecule has 0 aliphatic carbocycles. The quantitative estimate of drug-likeness (QED) is 0.728. The largest absolute Gasteiger partial charge is 0.378 e. The number of halogens is 1. The zero-order valence-corrected chi connectivity index (χ0v) is 16.3. The molecule has 1 aliphatic rings. The highest BCUT2D eigenvalue weighted by molar-refractivity contribution is 5.94. The average molecular weight is 392 g/mol. The van der Waals surface area contributed by atoms with Crippen LogP contribution in [0.4, 0.5) is 16.0 Å². The Bertz CT molecular complexity index is 1090. The number of aryl methyl sites for hydroxylation is 1. The number of hydrogen-bond acceptors (Lipinski definition) is 7. The van der Waals surface area contributed by atoms with Crippen LogP contribution in [-0.2, 0) is 4.74 Å². The van der Waals surface area contributed by atoms with Crippen molar-refractivity contribution in [3.63, 3.8) is 0 Å². The molecule has 1 fully saturated rings. The molecule has 0 amide bonds. The van der Waals surface area contributed by atoms with Crippen LogP contribution in [-0.4, -0.2) is 41.5 Å². The molecule has 1 N–H and O–H groups in total. The van der Waals surface area contributed by atoms with Crippen LogP contribution in [0.1, 0.15) is 29.8 Å². The molecule has 3 aromatic rings. The van der Waals surface area contributed by atoms with E-state index in [4.69, 9.17) is 10.00 Å². The van der Waals surface area contributed by atoms with Crippen molar-refractivity contribution in [2.75, 3.05) is 36.5 Å². The molecule has 1 aromatic carbocycles. The highest BCUT2D eigenvalue weighted by atomic mass is 19.1. The van der Waals surface area contributed by atoms with Gasteiger partial charge in [0, 0.05) is 30.1 Å². The molecule has 0 spiro atoms. The van der Waals surface area contributed by atoms with Crippen molar-refractivity contribution in [2.45, 2.75) is 19.9 Å². The molecule has 29 heavy (non-hydrogen) atoms. The molecular formula is C21H21FN6O. The van der Waals surface area contributed by atoms with Crippen LogP contribution < -0.4 is 10.2 Å². The minimum Gasteiger partial charge on any atom is -0.378 e. The Morgan fingerprint density at radius 2 is 1.97 bits per heavy atom. The summed E-state index contributed by atoms with van der Waals surface area (Å²) in [6.07, 6.45) is 1.82. The predicted molar refractivity (Wildman–Crippen MR) is 108 cm³/mol. The fraction of sp³-hybridized carbons (Fsp3) is 0.333. The van der Waals surface area contributed by atoms with E-state index in [0.29, 0.717) is 24.6 Å². The van der Waals surface area contributed by atoms with E-state index in [1.54, 1.807) is 6.07 Å². The Morgan fingerprint density at radius 3 is 2.72 bits per heavy atom. The van der Waals surface area contributed by atoms with Crippen LogP contribution >= 0.6 is 0 Å². The van der Waals surface area contributed by atoms with Gasteiger partial charge in [0.25, 0.3) is 0 Å². The van der Waals surface area contributed by atoms with Gasteiger partial charge in [-0.2, -0.15) is 10.4 Å². The maximum atomic E-state index is 13.8. The fourth-order valence-corrected chi connectivity index (χ4v) is 3.45. The molecule has 7 nitrogen and oxygen atoms in total. The Labute approximate surface area is 168 Å². The van der Waals surface area contributed by atoms with Gasteiger partial charge in [-0.25, -0.2) is 9.37 Å². The molecule has 4 rings (SSSR count). The number of morpholine rings is 1. The smallest absolute Gasteiger partial charge is 0.157 e. The highest BCUT2D eigenvalue weighted by Gasteiger charge is 2.17. The van der Waals surface area contributed by atoms with E-state index in [9.17, 15) is 4.39 Å². The number of aromatic nitrogens is 3. The number of fused-ring (bicyclic) bond motifs is 1. The van der Waals surface area contributed by atoms with Crippen molar-refractivity contribution in [1.82, 2.24) is 15.2 Å². The van der Waals surface area contributed by atoms with E-state index in [2.05, 4.69) is 25.4 Å². The zero-order valence-electron chi connectivity index (χ0n) is 16.3. The lowest BCUT2D eigenvalue weighted by atomic mass is 10.0. The first kappa shape index (κ1) is 19.0. The van der Waals surface area contributed by atoms with Gasteiger partial charge in [0.05, 0.1) is 36.6 Å². The van der Waals surface area contributed by atoms with Crippen molar-refractivity contribution in [3.05, 3.63) is 53.1 Å². The molecule has 0 radical (unpaired) electrons. The number of ether oxygens (including phenoxy) is 1. The SMILES string of the molecule is Cc1nnc(NC(C)c2cc(F)cc(C#N)c2)c2cc(N3CCOCC3)ncc12. The number of benzene rings is 1. The summed E-state index contributed by atoms with van der Waals surface area (Å²) in [6.45, 7) is 6.72. The van der Waals surface area contributed by atoms with Crippen molar-refractivity contribution in [2.24, 2.45) is 0 Å². The predicted octanol–water partition coefficient (Wildman–Crippen LogP) is 3.35. The summed E-state index contributed by atoms with van der Waals surface area (Å²) in [5, 5.41) is 22.8. The van der Waals surface area contributed by atoms with Crippen molar-refractivity contribution >= 4 is 22.4 Å². The van der Waals surface area contributed by atoms with Gasteiger partial charge < -0.3 is 15.0 Å². The van der Waals surface area contributed by atoms with Crippen LogP contribution in [0.5, 0.6) is 0 Å². The van der Waals surface area contributed by atoms with Gasteiger partial charge in [-0.15, -0.1) is 5.10 Å². The Kier molecular flexibility index (Phi) is 5.23. The van der Waals surface area contributed by atoms with Crippen LogP contribution in [0.25, 0.3) is 10.8 Å². The number of nitrogens with zero attached hydrogens (tertiary/aromatic N) is 5. The third-order valence-corrected chi connectivity index (χ3v) is 5.07. The van der Waals surface area contributed by atoms with Gasteiger partial charge in [-0.05, 0) is 43.7 Å². The van der Waals surface area contributed by atoms with E-state index in [-0.39, 0.29) is 11.6 Å². The molecule has 1 atom stereocenters. The first-order valence-electron chi connectivity index (χ1n) is 9.48. The van der Waals surface area contributed by atoms with Gasteiger partial charge >= 0.3 is 0 Å². The lowest BCUT2D eigenvalue weighted by Crippen LogP contribution is -2.36. The van der Waals surface area contributed by atoms with Crippen molar-refractivity contribution in [3.8, 4) is 6.07 Å². The minimum atomic E-state index is -0.439. The van der Waals surface area contributed by atoms with E-state index >= 15 is 0 Å². The second-order valence-corrected chi connectivity index (χ2v) is 7.07. The van der Waals surface area contributed by atoms with E-state index in [1.807, 2.05) is 32.2 Å². The van der Waals surface area contributed by atoms with Gasteiger partial charge in [0.2, 0.25) is 0 Å². The number of pyridine rings is 1. The number of rotatable bonds is 4. The van der Waals surface area contributed by atoms with Crippen LogP contribution in [0.3, 0.4) is 0 Å². The summed E-state index contributed by atoms with van der Waals surface area (Å²) < 4.78 is 19.3. The third-order valence-electron chi connectivity index (χ3n) is 5.07. The second-order valence-electron chi connectivity index (χ2n) is 7.07. The maximum Gasteiger partial charge on any atom is 0.157 e. The van der Waals surface area contributed by atoms with Gasteiger partial charge in [0.15, 0.2) is 5.82 Å². The zero-order chi connectivity index (χ0) is 20.4. The molecule has 1 unspecified atom stereocenters.